The number of aromatic nitrogens is 2. The summed E-state index contributed by atoms with van der Waals surface area (Å²) < 4.78 is 101. The molecule has 2 amide bonds. The minimum Gasteiger partial charge on any atom is -0.379 e. The van der Waals surface area contributed by atoms with Crippen molar-refractivity contribution in [1.29, 1.82) is 5.26 Å². The van der Waals surface area contributed by atoms with Crippen LogP contribution in [0.1, 0.15) is 44.7 Å². The maximum Gasteiger partial charge on any atom is 0.310 e. The third kappa shape index (κ3) is 6.80. The van der Waals surface area contributed by atoms with Gasteiger partial charge >= 0.3 is 10.2 Å². The molecule has 1 unspecified atom stereocenters. The summed E-state index contributed by atoms with van der Waals surface area (Å²) in [5.41, 5.74) is -2.76. The molecule has 1 saturated carbocycles. The molecule has 1 aliphatic carbocycles. The summed E-state index contributed by atoms with van der Waals surface area (Å²) in [6.45, 7) is 1.21. The van der Waals surface area contributed by atoms with E-state index in [-0.39, 0.29) is 43.6 Å². The van der Waals surface area contributed by atoms with Gasteiger partial charge in [0.15, 0.2) is 11.7 Å². The molecule has 1 aromatic carbocycles. The van der Waals surface area contributed by atoms with Crippen LogP contribution in [0.5, 0.6) is 0 Å². The molecule has 1 N–H and O–H groups in total. The molecule has 2 heterocycles. The van der Waals surface area contributed by atoms with E-state index in [0.29, 0.717) is 12.1 Å². The molecule has 17 heteroatoms. The van der Waals surface area contributed by atoms with Crippen molar-refractivity contribution in [2.45, 2.75) is 73.6 Å². The Morgan fingerprint density at radius 3 is 2.28 bits per heavy atom. The van der Waals surface area contributed by atoms with Gasteiger partial charge in [0.1, 0.15) is 10.9 Å². The van der Waals surface area contributed by atoms with E-state index in [0.717, 1.165) is 16.0 Å². The van der Waals surface area contributed by atoms with Crippen molar-refractivity contribution >= 4 is 27.7 Å². The Balaban J connectivity index is 1.85. The molecule has 0 spiro atoms. The summed E-state index contributed by atoms with van der Waals surface area (Å²) >= 11 is 0. The average Bonchev–Trinajstić information content (AvgIpc) is 3.37. The van der Waals surface area contributed by atoms with Crippen molar-refractivity contribution in [1.82, 2.24) is 20.2 Å². The molecule has 9 nitrogen and oxygen atoms in total. The lowest BCUT2D eigenvalue weighted by atomic mass is 9.88. The average molecular weight is 639 g/mol. The second kappa shape index (κ2) is 10.5. The summed E-state index contributed by atoms with van der Waals surface area (Å²) in [7, 11) is -8.75. The number of nitriles is 1. The van der Waals surface area contributed by atoms with Gasteiger partial charge in [-0.25, -0.2) is 8.78 Å². The van der Waals surface area contributed by atoms with Gasteiger partial charge in [-0.05, 0) is 44.0 Å². The molecule has 0 radical (unpaired) electrons. The topological polar surface area (TPSA) is 111 Å². The molecule has 0 bridgehead atoms. The Morgan fingerprint density at radius 1 is 1.14 bits per heavy atom. The molecular formula is C26H29F7N6O3S. The second-order valence-electron chi connectivity index (χ2n) is 10.8. The molecule has 1 saturated heterocycles. The third-order valence-electron chi connectivity index (χ3n) is 7.77. The van der Waals surface area contributed by atoms with E-state index in [1.165, 1.54) is 26.4 Å². The number of hydrogen-bond acceptors (Lipinski definition) is 7. The summed E-state index contributed by atoms with van der Waals surface area (Å²) in [5, 5.41) is 12.4. The van der Waals surface area contributed by atoms with Gasteiger partial charge in [-0.3, -0.25) is 29.4 Å². The standard InChI is InChI=1S/C26H29F7N6O3S/c1-25(22-14-35-11-12-36-22,24(41)37-17-7-9-26(27,28)10-8-17)39(23(40)21-13-19(42-2)15-38(21)16-34)18-3-5-20(6-4-18)43(29,30,31,32)33/h3-6,11-12,14,17,19,21H,7-10,13,15H2,1-2H3,(H,37,41)/t19-,21-,25?/m1/s1. The molecular weight excluding hydrogens is 609 g/mol. The number of amides is 2. The highest BCUT2D eigenvalue weighted by atomic mass is 32.5. The molecule has 2 fully saturated rings. The van der Waals surface area contributed by atoms with Crippen LogP contribution in [0.3, 0.4) is 0 Å². The third-order valence-corrected chi connectivity index (χ3v) is 8.94. The first kappa shape index (κ1) is 32.3. The number of alkyl halides is 2. The number of rotatable bonds is 8. The first-order valence-corrected chi connectivity index (χ1v) is 15.1. The molecule has 3 atom stereocenters. The van der Waals surface area contributed by atoms with Gasteiger partial charge in [-0.1, -0.05) is 19.4 Å². The van der Waals surface area contributed by atoms with Crippen molar-refractivity contribution in [3.05, 3.63) is 48.5 Å². The maximum atomic E-state index is 14.3. The molecule has 2 aliphatic rings. The van der Waals surface area contributed by atoms with E-state index in [1.807, 2.05) is 6.19 Å². The quantitative estimate of drug-likeness (QED) is 0.294. The Hall–Kier alpha value is -3.65. The number of halogens is 7. The lowest BCUT2D eigenvalue weighted by Crippen LogP contribution is -2.62. The zero-order valence-corrected chi connectivity index (χ0v) is 23.8. The summed E-state index contributed by atoms with van der Waals surface area (Å²) in [6, 6.07) is -0.562. The highest BCUT2D eigenvalue weighted by Crippen LogP contribution is 3.02. The highest BCUT2D eigenvalue weighted by molar-refractivity contribution is 8.45. The van der Waals surface area contributed by atoms with Gasteiger partial charge in [-0.15, -0.1) is 0 Å². The first-order chi connectivity index (χ1) is 19.8. The number of methoxy groups -OCH3 is 1. The van der Waals surface area contributed by atoms with E-state index in [1.54, 1.807) is 0 Å². The largest absolute Gasteiger partial charge is 0.379 e. The number of carbonyl (C=O) groups excluding carboxylic acids is 2. The van der Waals surface area contributed by atoms with Crippen LogP contribution in [0.4, 0.5) is 33.9 Å². The number of ether oxygens (including phenoxy) is 1. The van der Waals surface area contributed by atoms with E-state index in [2.05, 4.69) is 15.3 Å². The number of benzene rings is 1. The van der Waals surface area contributed by atoms with Crippen LogP contribution in [0.2, 0.25) is 0 Å². The van der Waals surface area contributed by atoms with Crippen molar-refractivity contribution in [2.24, 2.45) is 0 Å². The van der Waals surface area contributed by atoms with Gasteiger partial charge in [0.25, 0.3) is 11.8 Å². The number of nitrogens with one attached hydrogen (secondary N) is 1. The van der Waals surface area contributed by atoms with Crippen LogP contribution in [0.15, 0.2) is 47.8 Å². The Labute approximate surface area is 242 Å². The van der Waals surface area contributed by atoms with Crippen LogP contribution < -0.4 is 10.2 Å². The number of hydrogen-bond donors (Lipinski definition) is 1. The normalized spacial score (nSPS) is 23.8. The molecule has 4 rings (SSSR count). The number of nitrogens with zero attached hydrogens (tertiary/aromatic N) is 5. The monoisotopic (exact) mass is 638 g/mol. The van der Waals surface area contributed by atoms with E-state index in [4.69, 9.17) is 4.74 Å². The maximum absolute atomic E-state index is 14.3. The molecule has 1 aliphatic heterocycles. The predicted molar refractivity (Wildman–Crippen MR) is 142 cm³/mol. The van der Waals surface area contributed by atoms with Gasteiger partial charge in [0, 0.05) is 50.5 Å². The van der Waals surface area contributed by atoms with Crippen LogP contribution in [-0.2, 0) is 19.9 Å². The van der Waals surface area contributed by atoms with Crippen LogP contribution in [0, 0.1) is 11.5 Å². The van der Waals surface area contributed by atoms with Gasteiger partial charge in [0.2, 0.25) is 5.92 Å². The molecule has 1 aromatic heterocycles. The lowest BCUT2D eigenvalue weighted by Gasteiger charge is -2.43. The zero-order valence-electron chi connectivity index (χ0n) is 23.0. The van der Waals surface area contributed by atoms with Crippen molar-refractivity contribution < 1.29 is 42.5 Å². The number of anilines is 1. The Bertz CT molecular complexity index is 1400. The first-order valence-electron chi connectivity index (χ1n) is 13.1. The van der Waals surface area contributed by atoms with Gasteiger partial charge in [0.05, 0.1) is 24.5 Å². The Morgan fingerprint density at radius 2 is 1.77 bits per heavy atom. The van der Waals surface area contributed by atoms with Crippen LogP contribution >= 0.6 is 10.2 Å². The molecule has 2 aromatic rings. The SMILES string of the molecule is CO[C@@H]1C[C@H](C(=O)N(c2ccc(S(F)(F)(F)(F)F)cc2)C(C)(C(=O)NC2CCC(F)(F)CC2)c2cnccn2)N(C#N)C1. The van der Waals surface area contributed by atoms with Crippen molar-refractivity contribution in [2.75, 3.05) is 18.6 Å². The number of likely N-dealkylation sites (tertiary alicyclic amines) is 1. The van der Waals surface area contributed by atoms with Crippen molar-refractivity contribution in [3.63, 3.8) is 0 Å². The zero-order chi connectivity index (χ0) is 31.9. The minimum absolute atomic E-state index is 0.00919. The smallest absolute Gasteiger partial charge is 0.310 e. The highest BCUT2D eigenvalue weighted by Gasteiger charge is 2.65. The second-order valence-corrected chi connectivity index (χ2v) is 13.2. The predicted octanol–water partition coefficient (Wildman–Crippen LogP) is 5.65. The summed E-state index contributed by atoms with van der Waals surface area (Å²) in [4.78, 5) is 36.1. The van der Waals surface area contributed by atoms with E-state index >= 15 is 0 Å². The molecule has 236 valence electrons. The van der Waals surface area contributed by atoms with Crippen molar-refractivity contribution in [3.8, 4) is 6.19 Å². The molecule has 43 heavy (non-hydrogen) atoms. The van der Waals surface area contributed by atoms with Gasteiger partial charge in [-0.2, -0.15) is 5.26 Å². The van der Waals surface area contributed by atoms with Crippen LogP contribution in [0.25, 0.3) is 0 Å². The fourth-order valence-electron chi connectivity index (χ4n) is 5.31. The number of carbonyl (C=O) groups is 2. The summed E-state index contributed by atoms with van der Waals surface area (Å²) in [5.74, 6) is -4.79. The fourth-order valence-corrected chi connectivity index (χ4v) is 5.96. The van der Waals surface area contributed by atoms with E-state index in [9.17, 15) is 43.1 Å². The fraction of sp³-hybridized carbons (Fsp3) is 0.500. The van der Waals surface area contributed by atoms with E-state index < -0.39 is 75.1 Å². The summed E-state index contributed by atoms with van der Waals surface area (Å²) in [6.07, 6.45) is 3.62. The van der Waals surface area contributed by atoms with Crippen LogP contribution in [-0.4, -0.2) is 64.4 Å². The minimum atomic E-state index is -10.1. The lowest BCUT2D eigenvalue weighted by molar-refractivity contribution is -0.133. The Kier molecular flexibility index (Phi) is 7.89. The van der Waals surface area contributed by atoms with Gasteiger partial charge < -0.3 is 10.1 Å².